The summed E-state index contributed by atoms with van der Waals surface area (Å²) in [4.78, 5) is 0. The van der Waals surface area contributed by atoms with E-state index in [9.17, 15) is 5.11 Å². The summed E-state index contributed by atoms with van der Waals surface area (Å²) in [6, 6.07) is 8.21. The molecule has 0 aromatic heterocycles. The summed E-state index contributed by atoms with van der Waals surface area (Å²) in [6.45, 7) is 5.63. The molecule has 0 saturated carbocycles. The van der Waals surface area contributed by atoms with Crippen molar-refractivity contribution in [3.8, 4) is 5.75 Å². The van der Waals surface area contributed by atoms with Crippen molar-refractivity contribution < 1.29 is 9.84 Å². The Labute approximate surface area is 115 Å². The Kier molecular flexibility index (Phi) is 5.19. The normalized spacial score (nSPS) is 24.4. The lowest BCUT2D eigenvalue weighted by Crippen LogP contribution is -2.32. The number of hydrogen-bond acceptors (Lipinski definition) is 4. The van der Waals surface area contributed by atoms with Crippen LogP contribution in [0.25, 0.3) is 0 Å². The molecule has 1 aliphatic rings. The van der Waals surface area contributed by atoms with Gasteiger partial charge in [-0.1, -0.05) is 19.1 Å². The molecule has 0 spiro atoms. The number of β-amino-alcohol motifs (C(OH)–C–C–N with tert-alkyl or cyclic N) is 1. The van der Waals surface area contributed by atoms with Gasteiger partial charge in [0.25, 0.3) is 0 Å². The number of aliphatic hydroxyl groups excluding tert-OH is 1. The van der Waals surface area contributed by atoms with Gasteiger partial charge in [-0.3, -0.25) is 0 Å². The number of methoxy groups -OCH3 is 1. The average Bonchev–Trinajstić information content (AvgIpc) is 2.84. The molecular weight excluding hydrogens is 240 g/mol. The molecule has 1 aliphatic heterocycles. The van der Waals surface area contributed by atoms with E-state index in [4.69, 9.17) is 4.74 Å². The molecule has 0 radical (unpaired) electrons. The van der Waals surface area contributed by atoms with E-state index in [0.717, 1.165) is 31.9 Å². The molecule has 3 N–H and O–H groups in total. The van der Waals surface area contributed by atoms with E-state index in [-0.39, 0.29) is 6.10 Å². The fourth-order valence-corrected chi connectivity index (χ4v) is 2.46. The minimum absolute atomic E-state index is 0.205. The zero-order chi connectivity index (χ0) is 13.7. The summed E-state index contributed by atoms with van der Waals surface area (Å²) >= 11 is 0. The van der Waals surface area contributed by atoms with Crippen molar-refractivity contribution >= 4 is 0 Å². The van der Waals surface area contributed by atoms with Gasteiger partial charge in [0.2, 0.25) is 0 Å². The molecule has 4 heteroatoms. The Bertz CT molecular complexity index is 380. The number of rotatable bonds is 6. The van der Waals surface area contributed by atoms with Gasteiger partial charge in [0.15, 0.2) is 0 Å². The van der Waals surface area contributed by atoms with Crippen LogP contribution < -0.4 is 15.4 Å². The minimum Gasteiger partial charge on any atom is -0.497 e. The standard InChI is InChI=1S/C15H24N2O2/c1-11(12-3-5-14(19-2)6-4-12)7-16-8-13-9-17-10-15(13)18/h3-6,11,13,15-18H,7-10H2,1-2H3. The van der Waals surface area contributed by atoms with E-state index < -0.39 is 0 Å². The third-order valence-electron chi connectivity index (χ3n) is 3.85. The third-order valence-corrected chi connectivity index (χ3v) is 3.85. The van der Waals surface area contributed by atoms with Gasteiger partial charge < -0.3 is 20.5 Å². The van der Waals surface area contributed by atoms with Gasteiger partial charge in [-0.05, 0) is 23.6 Å². The van der Waals surface area contributed by atoms with Crippen LogP contribution >= 0.6 is 0 Å². The number of benzene rings is 1. The molecular formula is C15H24N2O2. The molecule has 1 saturated heterocycles. The fraction of sp³-hybridized carbons (Fsp3) is 0.600. The maximum Gasteiger partial charge on any atom is 0.118 e. The van der Waals surface area contributed by atoms with E-state index in [0.29, 0.717) is 11.8 Å². The highest BCUT2D eigenvalue weighted by molar-refractivity contribution is 5.29. The molecule has 0 bridgehead atoms. The summed E-state index contributed by atoms with van der Waals surface area (Å²) < 4.78 is 5.16. The quantitative estimate of drug-likeness (QED) is 0.716. The Balaban J connectivity index is 1.75. The van der Waals surface area contributed by atoms with Crippen molar-refractivity contribution in [1.82, 2.24) is 10.6 Å². The summed E-state index contributed by atoms with van der Waals surface area (Å²) in [6.07, 6.45) is -0.205. The van der Waals surface area contributed by atoms with E-state index in [2.05, 4.69) is 29.7 Å². The lowest BCUT2D eigenvalue weighted by atomic mass is 10.0. The molecule has 106 valence electrons. The van der Waals surface area contributed by atoms with Crippen LogP contribution in [0, 0.1) is 5.92 Å². The zero-order valence-corrected chi connectivity index (χ0v) is 11.7. The number of nitrogens with one attached hydrogen (secondary N) is 2. The molecule has 2 rings (SSSR count). The van der Waals surface area contributed by atoms with Gasteiger partial charge in [0.05, 0.1) is 13.2 Å². The number of aliphatic hydroxyl groups is 1. The molecule has 4 nitrogen and oxygen atoms in total. The molecule has 0 aliphatic carbocycles. The van der Waals surface area contributed by atoms with Crippen LogP contribution in [-0.2, 0) is 0 Å². The first-order chi connectivity index (χ1) is 9.20. The molecule has 1 aromatic rings. The molecule has 1 heterocycles. The van der Waals surface area contributed by atoms with E-state index >= 15 is 0 Å². The average molecular weight is 264 g/mol. The second-order valence-corrected chi connectivity index (χ2v) is 5.32. The summed E-state index contributed by atoms with van der Waals surface area (Å²) in [5.41, 5.74) is 1.30. The second kappa shape index (κ2) is 6.89. The van der Waals surface area contributed by atoms with Crippen molar-refractivity contribution in [2.45, 2.75) is 18.9 Å². The lowest BCUT2D eigenvalue weighted by molar-refractivity contribution is 0.146. The van der Waals surface area contributed by atoms with Crippen LogP contribution in [-0.4, -0.2) is 44.5 Å². The van der Waals surface area contributed by atoms with Crippen LogP contribution in [0.5, 0.6) is 5.75 Å². The predicted octanol–water partition coefficient (Wildman–Crippen LogP) is 0.969. The van der Waals surface area contributed by atoms with Crippen molar-refractivity contribution in [2.24, 2.45) is 5.92 Å². The molecule has 3 atom stereocenters. The molecule has 3 unspecified atom stereocenters. The summed E-state index contributed by atoms with van der Waals surface area (Å²) in [7, 11) is 1.68. The predicted molar refractivity (Wildman–Crippen MR) is 76.6 cm³/mol. The van der Waals surface area contributed by atoms with Gasteiger partial charge in [0.1, 0.15) is 5.75 Å². The topological polar surface area (TPSA) is 53.5 Å². The fourth-order valence-electron chi connectivity index (χ4n) is 2.46. The Morgan fingerprint density at radius 3 is 2.68 bits per heavy atom. The Hall–Kier alpha value is -1.10. The van der Waals surface area contributed by atoms with Gasteiger partial charge in [-0.15, -0.1) is 0 Å². The highest BCUT2D eigenvalue weighted by atomic mass is 16.5. The summed E-state index contributed by atoms with van der Waals surface area (Å²) in [5.74, 6) is 1.68. The largest absolute Gasteiger partial charge is 0.497 e. The van der Waals surface area contributed by atoms with Gasteiger partial charge >= 0.3 is 0 Å². The monoisotopic (exact) mass is 264 g/mol. The van der Waals surface area contributed by atoms with Crippen LogP contribution in [0.2, 0.25) is 0 Å². The van der Waals surface area contributed by atoms with E-state index in [1.807, 2.05) is 12.1 Å². The zero-order valence-electron chi connectivity index (χ0n) is 11.7. The van der Waals surface area contributed by atoms with Crippen molar-refractivity contribution in [3.63, 3.8) is 0 Å². The lowest BCUT2D eigenvalue weighted by Gasteiger charge is -2.17. The Morgan fingerprint density at radius 1 is 1.37 bits per heavy atom. The molecule has 1 aromatic carbocycles. The van der Waals surface area contributed by atoms with E-state index in [1.165, 1.54) is 5.56 Å². The molecule has 19 heavy (non-hydrogen) atoms. The van der Waals surface area contributed by atoms with Gasteiger partial charge in [-0.25, -0.2) is 0 Å². The van der Waals surface area contributed by atoms with Crippen molar-refractivity contribution in [2.75, 3.05) is 33.3 Å². The first-order valence-electron chi connectivity index (χ1n) is 6.94. The Morgan fingerprint density at radius 2 is 2.11 bits per heavy atom. The molecule has 0 amide bonds. The first-order valence-corrected chi connectivity index (χ1v) is 6.94. The summed E-state index contributed by atoms with van der Waals surface area (Å²) in [5, 5.41) is 16.4. The van der Waals surface area contributed by atoms with E-state index in [1.54, 1.807) is 7.11 Å². The highest BCUT2D eigenvalue weighted by Crippen LogP contribution is 2.18. The van der Waals surface area contributed by atoms with Crippen LogP contribution in [0.3, 0.4) is 0 Å². The van der Waals surface area contributed by atoms with Crippen molar-refractivity contribution in [3.05, 3.63) is 29.8 Å². The van der Waals surface area contributed by atoms with Crippen LogP contribution in [0.1, 0.15) is 18.4 Å². The van der Waals surface area contributed by atoms with Gasteiger partial charge in [-0.2, -0.15) is 0 Å². The maximum absolute atomic E-state index is 9.71. The number of hydrogen-bond donors (Lipinski definition) is 3. The third kappa shape index (κ3) is 3.93. The SMILES string of the molecule is COc1ccc(C(C)CNCC2CNCC2O)cc1. The van der Waals surface area contributed by atoms with Crippen molar-refractivity contribution in [1.29, 1.82) is 0 Å². The smallest absolute Gasteiger partial charge is 0.118 e. The second-order valence-electron chi connectivity index (χ2n) is 5.32. The van der Waals surface area contributed by atoms with Gasteiger partial charge in [0, 0.05) is 32.1 Å². The van der Waals surface area contributed by atoms with Crippen LogP contribution in [0.15, 0.2) is 24.3 Å². The molecule has 1 fully saturated rings. The first kappa shape index (κ1) is 14.3. The number of ether oxygens (including phenoxy) is 1. The highest BCUT2D eigenvalue weighted by Gasteiger charge is 2.24. The maximum atomic E-state index is 9.71. The minimum atomic E-state index is -0.205. The van der Waals surface area contributed by atoms with Crippen LogP contribution in [0.4, 0.5) is 0 Å².